The van der Waals surface area contributed by atoms with Crippen molar-refractivity contribution in [1.82, 2.24) is 15.1 Å². The van der Waals surface area contributed by atoms with Gasteiger partial charge in [-0.15, -0.1) is 0 Å². The van der Waals surface area contributed by atoms with Crippen molar-refractivity contribution in [2.45, 2.75) is 50.2 Å². The van der Waals surface area contributed by atoms with Gasteiger partial charge in [0.05, 0.1) is 30.9 Å². The van der Waals surface area contributed by atoms with Crippen molar-refractivity contribution in [3.63, 3.8) is 0 Å². The van der Waals surface area contributed by atoms with Crippen LogP contribution in [0.2, 0.25) is 0 Å². The summed E-state index contributed by atoms with van der Waals surface area (Å²) in [5.41, 5.74) is 17.5. The molecule has 7 rings (SSSR count). The molecule has 4 aromatic carbocycles. The minimum atomic E-state index is -1.14. The van der Waals surface area contributed by atoms with Gasteiger partial charge in [-0.25, -0.2) is 0 Å². The van der Waals surface area contributed by atoms with Gasteiger partial charge in [0, 0.05) is 24.7 Å². The number of methoxy groups -OCH3 is 2. The maximum Gasteiger partial charge on any atom is 0.255 e. The van der Waals surface area contributed by atoms with Gasteiger partial charge in [0.2, 0.25) is 5.91 Å². The molecule has 10 nitrogen and oxygen atoms in total. The molecule has 0 aromatic heterocycles. The fourth-order valence-electron chi connectivity index (χ4n) is 8.91. The molecule has 3 aliphatic rings. The van der Waals surface area contributed by atoms with Crippen LogP contribution >= 0.6 is 0 Å². The molecule has 4 aromatic rings. The third-order valence-corrected chi connectivity index (χ3v) is 11.4. The number of para-hydroxylation sites is 1. The summed E-state index contributed by atoms with van der Waals surface area (Å²) >= 11 is 0. The summed E-state index contributed by atoms with van der Waals surface area (Å²) in [6.45, 7) is 4.40. The Bertz CT molecular complexity index is 1970. The highest BCUT2D eigenvalue weighted by atomic mass is 16.5. The molecule has 0 aliphatic carbocycles. The molecule has 0 radical (unpaired) electrons. The number of hydrogen-bond donors (Lipinski definition) is 4. The number of amides is 2. The molecular formula is C43H50N6O4. The normalized spacial score (nSPS) is 19.6. The first kappa shape index (κ1) is 36.1. The van der Waals surface area contributed by atoms with E-state index in [9.17, 15) is 4.79 Å². The smallest absolute Gasteiger partial charge is 0.255 e. The number of anilines is 1. The number of fused-ring (bicyclic) bond motifs is 1. The van der Waals surface area contributed by atoms with Crippen LogP contribution in [0.1, 0.15) is 58.3 Å². The average molecular weight is 715 g/mol. The first-order valence-electron chi connectivity index (χ1n) is 18.6. The van der Waals surface area contributed by atoms with E-state index < -0.39 is 11.3 Å². The first-order valence-corrected chi connectivity index (χ1v) is 18.6. The zero-order valence-corrected chi connectivity index (χ0v) is 30.6. The molecule has 3 heterocycles. The third-order valence-electron chi connectivity index (χ3n) is 11.4. The molecule has 2 saturated heterocycles. The number of hydrogen-bond acceptors (Lipinski definition) is 8. The highest BCUT2D eigenvalue weighted by molar-refractivity contribution is 6.03. The van der Waals surface area contributed by atoms with Crippen LogP contribution in [-0.4, -0.2) is 68.1 Å². The summed E-state index contributed by atoms with van der Waals surface area (Å²) in [5.74, 6) is 0.748. The number of nitrogens with one attached hydrogen (secondary N) is 2. The zero-order valence-electron chi connectivity index (χ0n) is 30.6. The second-order valence-electron chi connectivity index (χ2n) is 14.3. The first-order chi connectivity index (χ1) is 25.8. The lowest BCUT2D eigenvalue weighted by Crippen LogP contribution is -2.55. The third kappa shape index (κ3) is 6.96. The van der Waals surface area contributed by atoms with E-state index in [4.69, 9.17) is 20.9 Å². The van der Waals surface area contributed by atoms with Crippen molar-refractivity contribution >= 4 is 17.5 Å². The van der Waals surface area contributed by atoms with Crippen LogP contribution in [0, 0.1) is 5.92 Å². The van der Waals surface area contributed by atoms with Crippen LogP contribution in [0.15, 0.2) is 108 Å². The zero-order chi connectivity index (χ0) is 37.0. The van der Waals surface area contributed by atoms with E-state index >= 15 is 4.79 Å². The molecule has 3 aliphatic heterocycles. The largest absolute Gasteiger partial charge is 0.497 e. The van der Waals surface area contributed by atoms with Gasteiger partial charge in [0.15, 0.2) is 0 Å². The van der Waals surface area contributed by atoms with Gasteiger partial charge in [0.1, 0.15) is 17.3 Å². The lowest BCUT2D eigenvalue weighted by molar-refractivity contribution is -0.131. The number of ether oxygens (including phenoxy) is 2. The summed E-state index contributed by atoms with van der Waals surface area (Å²) in [7, 11) is 3.28. The second kappa shape index (κ2) is 15.7. The van der Waals surface area contributed by atoms with Crippen molar-refractivity contribution in [2.75, 3.05) is 45.7 Å². The van der Waals surface area contributed by atoms with Gasteiger partial charge >= 0.3 is 0 Å². The summed E-state index contributed by atoms with van der Waals surface area (Å²) in [5, 5.41) is 6.89. The average Bonchev–Trinajstić information content (AvgIpc) is 3.20. The van der Waals surface area contributed by atoms with E-state index in [1.165, 1.54) is 5.56 Å². The molecule has 6 N–H and O–H groups in total. The Morgan fingerprint density at radius 2 is 1.51 bits per heavy atom. The summed E-state index contributed by atoms with van der Waals surface area (Å²) in [4.78, 5) is 33.8. The van der Waals surface area contributed by atoms with Crippen LogP contribution in [0.25, 0.3) is 0 Å². The van der Waals surface area contributed by atoms with Crippen LogP contribution < -0.4 is 31.6 Å². The van der Waals surface area contributed by atoms with Crippen LogP contribution in [0.3, 0.4) is 0 Å². The predicted octanol–water partition coefficient (Wildman–Crippen LogP) is 5.38. The number of rotatable bonds is 11. The SMILES string of the molecule is COc1cccc(CN(C(=O)C2=C(N)Nc3c(OC)cccc3C2(c2ccccc2C(N)=O)C2CCN(Cc3ccccc3)CC2)C2CCNCC2)c1. The maximum absolute atomic E-state index is 15.9. The molecule has 0 spiro atoms. The fourth-order valence-corrected chi connectivity index (χ4v) is 8.91. The van der Waals surface area contributed by atoms with E-state index in [1.807, 2.05) is 65.6 Å². The highest BCUT2D eigenvalue weighted by Crippen LogP contribution is 2.57. The Balaban J connectivity index is 1.42. The quantitative estimate of drug-likeness (QED) is 0.163. The molecule has 10 heteroatoms. The molecular weight excluding hydrogens is 665 g/mol. The number of nitrogens with two attached hydrogens (primary N) is 2. The number of carbonyl (C=O) groups is 2. The van der Waals surface area contributed by atoms with Gasteiger partial charge in [-0.1, -0.05) is 72.8 Å². The molecule has 1 atom stereocenters. The van der Waals surface area contributed by atoms with Crippen molar-refractivity contribution in [1.29, 1.82) is 0 Å². The lowest BCUT2D eigenvalue weighted by atomic mass is 9.56. The highest BCUT2D eigenvalue weighted by Gasteiger charge is 2.55. The number of carbonyl (C=O) groups excluding carboxylic acids is 2. The van der Waals surface area contributed by atoms with E-state index in [1.54, 1.807) is 20.3 Å². The molecule has 53 heavy (non-hydrogen) atoms. The van der Waals surface area contributed by atoms with Crippen molar-refractivity contribution in [3.05, 3.63) is 136 Å². The van der Waals surface area contributed by atoms with Crippen LogP contribution in [0.5, 0.6) is 11.5 Å². The Morgan fingerprint density at radius 3 is 2.23 bits per heavy atom. The fraction of sp³-hybridized carbons (Fsp3) is 0.349. The monoisotopic (exact) mass is 714 g/mol. The van der Waals surface area contributed by atoms with E-state index in [0.717, 1.165) is 75.3 Å². The number of likely N-dealkylation sites (tertiary alicyclic amines) is 1. The Labute approximate surface area is 312 Å². The number of piperidine rings is 2. The molecule has 276 valence electrons. The van der Waals surface area contributed by atoms with Crippen LogP contribution in [-0.2, 0) is 23.3 Å². The topological polar surface area (TPSA) is 135 Å². The standard InChI is InChI=1S/C43H50N6O4/c1-52-33-13-8-12-30(26-33)28-49(32-18-22-46-23-19-32)42(51)38-40(44)47-39-36(16-9-17-37(39)53-2)43(38,35-15-7-6-14-34(35)41(45)50)31-20-24-48(25-21-31)27-29-10-4-3-5-11-29/h3-17,26,31-32,46-47H,18-25,27-28,44H2,1-2H3,(H2,45,50). The van der Waals surface area contributed by atoms with Gasteiger partial charge < -0.3 is 36.5 Å². The summed E-state index contributed by atoms with van der Waals surface area (Å²) in [6.07, 6.45) is 3.10. The van der Waals surface area contributed by atoms with Crippen molar-refractivity contribution < 1.29 is 19.1 Å². The molecule has 0 bridgehead atoms. The van der Waals surface area contributed by atoms with Crippen molar-refractivity contribution in [3.8, 4) is 11.5 Å². The van der Waals surface area contributed by atoms with Gasteiger partial charge in [-0.3, -0.25) is 14.5 Å². The summed E-state index contributed by atoms with van der Waals surface area (Å²) < 4.78 is 11.5. The van der Waals surface area contributed by atoms with Gasteiger partial charge in [0.25, 0.3) is 5.91 Å². The van der Waals surface area contributed by atoms with Crippen LogP contribution in [0.4, 0.5) is 5.69 Å². The Morgan fingerprint density at radius 1 is 0.830 bits per heavy atom. The van der Waals surface area contributed by atoms with Gasteiger partial charge in [-0.2, -0.15) is 0 Å². The number of primary amides is 1. The Kier molecular flexibility index (Phi) is 10.7. The van der Waals surface area contributed by atoms with E-state index in [-0.39, 0.29) is 23.7 Å². The molecule has 2 fully saturated rings. The summed E-state index contributed by atoms with van der Waals surface area (Å²) in [6, 6.07) is 31.7. The van der Waals surface area contributed by atoms with E-state index in [0.29, 0.717) is 34.7 Å². The predicted molar refractivity (Wildman–Crippen MR) is 207 cm³/mol. The van der Waals surface area contributed by atoms with Crippen molar-refractivity contribution in [2.24, 2.45) is 17.4 Å². The Hall–Kier alpha value is -5.32. The molecule has 0 saturated carbocycles. The minimum absolute atomic E-state index is 0.0428. The maximum atomic E-state index is 15.9. The molecule has 1 unspecified atom stereocenters. The minimum Gasteiger partial charge on any atom is -0.497 e. The number of benzene rings is 4. The van der Waals surface area contributed by atoms with E-state index in [2.05, 4.69) is 45.9 Å². The second-order valence-corrected chi connectivity index (χ2v) is 14.3. The lowest BCUT2D eigenvalue weighted by Gasteiger charge is -2.51. The van der Waals surface area contributed by atoms with Gasteiger partial charge in [-0.05, 0) is 104 Å². The number of nitrogens with zero attached hydrogens (tertiary/aromatic N) is 2. The molecule has 2 amide bonds.